The second kappa shape index (κ2) is 6.98. The standard InChI is InChI=1S/C8H17O5P/c1-4-7-8(9)13-14(10,11-5-2)12-6-3/h4-7H2,1-3H3. The van der Waals surface area contributed by atoms with Crippen LogP contribution in [0.3, 0.4) is 0 Å². The highest BCUT2D eigenvalue weighted by molar-refractivity contribution is 7.49. The summed E-state index contributed by atoms with van der Waals surface area (Å²) in [7, 11) is -3.65. The van der Waals surface area contributed by atoms with Gasteiger partial charge in [0, 0.05) is 6.42 Å². The normalized spacial score (nSPS) is 11.4. The first kappa shape index (κ1) is 13.6. The van der Waals surface area contributed by atoms with E-state index in [0.29, 0.717) is 6.42 Å². The van der Waals surface area contributed by atoms with Gasteiger partial charge in [0.05, 0.1) is 13.2 Å². The van der Waals surface area contributed by atoms with Crippen molar-refractivity contribution < 1.29 is 22.9 Å². The van der Waals surface area contributed by atoms with E-state index in [1.165, 1.54) is 0 Å². The Labute approximate surface area is 84.3 Å². The lowest BCUT2D eigenvalue weighted by molar-refractivity contribution is -0.136. The van der Waals surface area contributed by atoms with Crippen molar-refractivity contribution in [1.29, 1.82) is 0 Å². The molecule has 0 aromatic rings. The summed E-state index contributed by atoms with van der Waals surface area (Å²) in [6.45, 7) is 5.49. The van der Waals surface area contributed by atoms with Crippen LogP contribution >= 0.6 is 7.82 Å². The van der Waals surface area contributed by atoms with E-state index in [1.54, 1.807) is 13.8 Å². The minimum atomic E-state index is -3.65. The van der Waals surface area contributed by atoms with Gasteiger partial charge in [-0.1, -0.05) is 6.92 Å². The molecule has 0 bridgehead atoms. The van der Waals surface area contributed by atoms with Crippen LogP contribution in [0, 0.1) is 0 Å². The molecular formula is C8H17O5P. The van der Waals surface area contributed by atoms with Gasteiger partial charge in [0.25, 0.3) is 0 Å². The van der Waals surface area contributed by atoms with Gasteiger partial charge < -0.3 is 4.52 Å². The zero-order valence-corrected chi connectivity index (χ0v) is 9.71. The maximum absolute atomic E-state index is 11.6. The van der Waals surface area contributed by atoms with Crippen molar-refractivity contribution in [2.75, 3.05) is 13.2 Å². The van der Waals surface area contributed by atoms with Crippen LogP contribution in [0.1, 0.15) is 33.6 Å². The molecule has 0 heterocycles. The molecule has 0 N–H and O–H groups in total. The average molecular weight is 224 g/mol. The van der Waals surface area contributed by atoms with Crippen molar-refractivity contribution in [2.45, 2.75) is 33.6 Å². The average Bonchev–Trinajstić information content (AvgIpc) is 2.04. The van der Waals surface area contributed by atoms with Crippen LogP contribution in [0.4, 0.5) is 0 Å². The summed E-state index contributed by atoms with van der Waals surface area (Å²) < 4.78 is 25.8. The molecular weight excluding hydrogens is 207 g/mol. The van der Waals surface area contributed by atoms with E-state index in [2.05, 4.69) is 4.52 Å². The lowest BCUT2D eigenvalue weighted by Gasteiger charge is -2.15. The van der Waals surface area contributed by atoms with Crippen molar-refractivity contribution in [3.05, 3.63) is 0 Å². The van der Waals surface area contributed by atoms with Gasteiger partial charge in [-0.15, -0.1) is 0 Å². The number of phosphoric ester groups is 1. The van der Waals surface area contributed by atoms with Crippen LogP contribution < -0.4 is 0 Å². The van der Waals surface area contributed by atoms with Crippen molar-refractivity contribution in [1.82, 2.24) is 0 Å². The number of hydrogen-bond donors (Lipinski definition) is 0. The van der Waals surface area contributed by atoms with Crippen LogP contribution in [-0.4, -0.2) is 19.2 Å². The molecule has 0 aliphatic rings. The SMILES string of the molecule is CCCC(=O)OP(=O)(OCC)OCC. The fourth-order valence-corrected chi connectivity index (χ4v) is 1.93. The highest BCUT2D eigenvalue weighted by Gasteiger charge is 2.29. The van der Waals surface area contributed by atoms with Gasteiger partial charge in [-0.3, -0.25) is 13.8 Å². The third-order valence-corrected chi connectivity index (χ3v) is 2.82. The lowest BCUT2D eigenvalue weighted by Crippen LogP contribution is -2.06. The molecule has 0 rings (SSSR count). The number of carbonyl (C=O) groups excluding carboxylic acids is 1. The van der Waals surface area contributed by atoms with Gasteiger partial charge in [0.1, 0.15) is 0 Å². The molecule has 0 spiro atoms. The first-order valence-corrected chi connectivity index (χ1v) is 6.15. The van der Waals surface area contributed by atoms with Crippen molar-refractivity contribution in [3.8, 4) is 0 Å². The van der Waals surface area contributed by atoms with Gasteiger partial charge in [-0.25, -0.2) is 4.57 Å². The van der Waals surface area contributed by atoms with E-state index in [9.17, 15) is 9.36 Å². The summed E-state index contributed by atoms with van der Waals surface area (Å²) in [5, 5.41) is 0. The Balaban J connectivity index is 4.21. The van der Waals surface area contributed by atoms with E-state index in [4.69, 9.17) is 9.05 Å². The fourth-order valence-electron chi connectivity index (χ4n) is 0.781. The van der Waals surface area contributed by atoms with Crippen LogP contribution in [0.2, 0.25) is 0 Å². The summed E-state index contributed by atoms with van der Waals surface area (Å²) in [5.41, 5.74) is 0. The van der Waals surface area contributed by atoms with Crippen LogP contribution in [0.25, 0.3) is 0 Å². The number of carbonyl (C=O) groups is 1. The Hall–Kier alpha value is -0.380. The molecule has 5 nitrogen and oxygen atoms in total. The maximum Gasteiger partial charge on any atom is 0.532 e. The third-order valence-electron chi connectivity index (χ3n) is 1.24. The Morgan fingerprint density at radius 2 is 1.64 bits per heavy atom. The quantitative estimate of drug-likeness (QED) is 0.622. The zero-order chi connectivity index (χ0) is 11.0. The Morgan fingerprint density at radius 1 is 1.14 bits per heavy atom. The molecule has 6 heteroatoms. The summed E-state index contributed by atoms with van der Waals surface area (Å²) in [6, 6.07) is 0. The predicted molar refractivity (Wildman–Crippen MR) is 51.9 cm³/mol. The van der Waals surface area contributed by atoms with E-state index in [-0.39, 0.29) is 19.6 Å². The number of rotatable bonds is 7. The Morgan fingerprint density at radius 3 is 2.00 bits per heavy atom. The van der Waals surface area contributed by atoms with Gasteiger partial charge >= 0.3 is 13.8 Å². The number of hydrogen-bond acceptors (Lipinski definition) is 5. The van der Waals surface area contributed by atoms with E-state index in [0.717, 1.165) is 0 Å². The van der Waals surface area contributed by atoms with Crippen LogP contribution in [0.15, 0.2) is 0 Å². The summed E-state index contributed by atoms with van der Waals surface area (Å²) in [6.07, 6.45) is 0.848. The molecule has 0 fully saturated rings. The smallest absolute Gasteiger partial charge is 0.370 e. The molecule has 14 heavy (non-hydrogen) atoms. The van der Waals surface area contributed by atoms with Crippen molar-refractivity contribution >= 4 is 13.8 Å². The second-order valence-electron chi connectivity index (χ2n) is 2.50. The van der Waals surface area contributed by atoms with E-state index < -0.39 is 13.8 Å². The molecule has 0 aromatic heterocycles. The zero-order valence-electron chi connectivity index (χ0n) is 8.82. The summed E-state index contributed by atoms with van der Waals surface area (Å²) >= 11 is 0. The predicted octanol–water partition coefficient (Wildman–Crippen LogP) is 2.51. The topological polar surface area (TPSA) is 61.8 Å². The molecule has 0 aliphatic carbocycles. The molecule has 0 unspecified atom stereocenters. The summed E-state index contributed by atoms with van der Waals surface area (Å²) in [5.74, 6) is -0.558. The summed E-state index contributed by atoms with van der Waals surface area (Å²) in [4.78, 5) is 11.1. The largest absolute Gasteiger partial charge is 0.532 e. The van der Waals surface area contributed by atoms with Gasteiger partial charge in [-0.2, -0.15) is 0 Å². The third kappa shape index (κ3) is 5.37. The Kier molecular flexibility index (Phi) is 6.79. The van der Waals surface area contributed by atoms with Crippen molar-refractivity contribution in [3.63, 3.8) is 0 Å². The molecule has 0 saturated heterocycles. The Bertz CT molecular complexity index is 206. The number of phosphoric acid groups is 1. The molecule has 0 aromatic carbocycles. The van der Waals surface area contributed by atoms with E-state index in [1.807, 2.05) is 6.92 Å². The molecule has 84 valence electrons. The highest BCUT2D eigenvalue weighted by Crippen LogP contribution is 2.49. The fraction of sp³-hybridized carbons (Fsp3) is 0.875. The van der Waals surface area contributed by atoms with Crippen LogP contribution in [0.5, 0.6) is 0 Å². The maximum atomic E-state index is 11.6. The molecule has 0 atom stereocenters. The minimum absolute atomic E-state index is 0.177. The molecule has 0 saturated carbocycles. The van der Waals surface area contributed by atoms with Gasteiger partial charge in [-0.05, 0) is 20.3 Å². The molecule has 0 amide bonds. The van der Waals surface area contributed by atoms with Gasteiger partial charge in [0.2, 0.25) is 0 Å². The van der Waals surface area contributed by atoms with Crippen LogP contribution in [-0.2, 0) is 22.9 Å². The second-order valence-corrected chi connectivity index (χ2v) is 4.09. The monoisotopic (exact) mass is 224 g/mol. The first-order chi connectivity index (χ1) is 6.58. The van der Waals surface area contributed by atoms with Crippen molar-refractivity contribution in [2.24, 2.45) is 0 Å². The minimum Gasteiger partial charge on any atom is -0.370 e. The first-order valence-electron chi connectivity index (χ1n) is 4.69. The van der Waals surface area contributed by atoms with Gasteiger partial charge in [0.15, 0.2) is 0 Å². The molecule has 0 aliphatic heterocycles. The van der Waals surface area contributed by atoms with E-state index >= 15 is 0 Å². The molecule has 0 radical (unpaired) electrons. The highest BCUT2D eigenvalue weighted by atomic mass is 31.2. The lowest BCUT2D eigenvalue weighted by atomic mass is 10.4.